The van der Waals surface area contributed by atoms with E-state index in [4.69, 9.17) is 10.0 Å². The van der Waals surface area contributed by atoms with Crippen LogP contribution in [0.5, 0.6) is 0 Å². The third-order valence-corrected chi connectivity index (χ3v) is 0.293. The molecule has 0 aliphatic heterocycles. The first-order valence-corrected chi connectivity index (χ1v) is 1.37. The van der Waals surface area contributed by atoms with E-state index in [0.717, 1.165) is 0 Å². The van der Waals surface area contributed by atoms with Gasteiger partial charge in [0, 0.05) is 18.9 Å². The van der Waals surface area contributed by atoms with Crippen LogP contribution in [0.15, 0.2) is 0 Å². The van der Waals surface area contributed by atoms with Crippen molar-refractivity contribution < 1.29 is 23.2 Å². The van der Waals surface area contributed by atoms with Gasteiger partial charge >= 0.3 is 13.2 Å². The van der Waals surface area contributed by atoms with Crippen LogP contribution in [0.2, 0.25) is 0 Å². The second-order valence-corrected chi connectivity index (χ2v) is 0.915. The molecule has 1 radical (unpaired) electrons. The van der Waals surface area contributed by atoms with Crippen LogP contribution in [0.25, 0.3) is 0 Å². The number of halogens is 3. The number of alkyl halides is 3. The largest absolute Gasteiger partial charge is 0.573 e. The fourth-order valence-electron chi connectivity index (χ4n) is 0. The summed E-state index contributed by atoms with van der Waals surface area (Å²) in [5.41, 5.74) is 0. The van der Waals surface area contributed by atoms with E-state index in [9.17, 15) is 13.2 Å². The Bertz CT molecular complexity index is 62.8. The third-order valence-electron chi connectivity index (χ3n) is 0.293. The molecule has 0 aromatic heterocycles. The molecular formula is CH2BF3LiO2. The smallest absolute Gasteiger partial charge is 0.421 e. The fourth-order valence-corrected chi connectivity index (χ4v) is 0. The Balaban J connectivity index is 0. The van der Waals surface area contributed by atoms with Crippen molar-refractivity contribution in [3.63, 3.8) is 0 Å². The molecule has 0 unspecified atom stereocenters. The van der Waals surface area contributed by atoms with Gasteiger partial charge in [0.15, 0.2) is 0 Å². The van der Waals surface area contributed by atoms with E-state index < -0.39 is 13.2 Å². The van der Waals surface area contributed by atoms with Crippen molar-refractivity contribution in [2.75, 3.05) is 0 Å². The van der Waals surface area contributed by atoms with Gasteiger partial charge in [0.2, 0.25) is 0 Å². The van der Waals surface area contributed by atoms with Gasteiger partial charge < -0.3 is 10.0 Å². The van der Waals surface area contributed by atoms with E-state index in [1.165, 1.54) is 0 Å². The van der Waals surface area contributed by atoms with Crippen LogP contribution < -0.4 is 0 Å². The Morgan fingerprint density at radius 1 is 1.12 bits per heavy atom. The second-order valence-electron chi connectivity index (χ2n) is 0.915. The number of hydrogen-bond acceptors (Lipinski definition) is 2. The van der Waals surface area contributed by atoms with Crippen LogP contribution in [0.3, 0.4) is 0 Å². The van der Waals surface area contributed by atoms with Crippen LogP contribution in [0.4, 0.5) is 13.2 Å². The van der Waals surface area contributed by atoms with Crippen molar-refractivity contribution in [3.8, 4) is 0 Å². The summed E-state index contributed by atoms with van der Waals surface area (Å²) in [7, 11) is -3.20. The second kappa shape index (κ2) is 3.41. The first kappa shape index (κ1) is 11.2. The molecular weight excluding hydrogens is 119 g/mol. The van der Waals surface area contributed by atoms with Crippen LogP contribution >= 0.6 is 0 Å². The van der Waals surface area contributed by atoms with Gasteiger partial charge in [0.25, 0.3) is 0 Å². The van der Waals surface area contributed by atoms with E-state index in [0.29, 0.717) is 0 Å². The molecule has 0 rings (SSSR count). The summed E-state index contributed by atoms with van der Waals surface area (Å²) in [5, 5.41) is 14.6. The average molecular weight is 121 g/mol. The van der Waals surface area contributed by atoms with Crippen LogP contribution in [-0.4, -0.2) is 42.1 Å². The van der Waals surface area contributed by atoms with Crippen molar-refractivity contribution in [3.05, 3.63) is 0 Å². The van der Waals surface area contributed by atoms with Gasteiger partial charge in [-0.15, -0.1) is 0 Å². The van der Waals surface area contributed by atoms with E-state index in [-0.39, 0.29) is 18.9 Å². The zero-order chi connectivity index (χ0) is 6.08. The summed E-state index contributed by atoms with van der Waals surface area (Å²) >= 11 is 0. The summed E-state index contributed by atoms with van der Waals surface area (Å²) in [5.74, 6) is 0. The summed E-state index contributed by atoms with van der Waals surface area (Å²) in [6, 6.07) is 0. The molecule has 0 spiro atoms. The monoisotopic (exact) mass is 121 g/mol. The predicted molar refractivity (Wildman–Crippen MR) is 22.0 cm³/mol. The van der Waals surface area contributed by atoms with Crippen molar-refractivity contribution in [2.45, 2.75) is 6.08 Å². The van der Waals surface area contributed by atoms with Gasteiger partial charge in [-0.25, -0.2) is 0 Å². The Morgan fingerprint density at radius 2 is 1.25 bits per heavy atom. The van der Waals surface area contributed by atoms with Gasteiger partial charge in [-0.2, -0.15) is 13.2 Å². The first-order valence-electron chi connectivity index (χ1n) is 1.37. The van der Waals surface area contributed by atoms with Crippen LogP contribution in [0, 0.1) is 0 Å². The van der Waals surface area contributed by atoms with E-state index in [2.05, 4.69) is 0 Å². The maximum absolute atomic E-state index is 10.7. The Labute approximate surface area is 56.0 Å². The molecule has 0 aromatic rings. The third kappa shape index (κ3) is 4.53. The zero-order valence-electron chi connectivity index (χ0n) is 4.11. The van der Waals surface area contributed by atoms with Crippen LogP contribution in [-0.2, 0) is 0 Å². The van der Waals surface area contributed by atoms with Crippen molar-refractivity contribution in [1.82, 2.24) is 0 Å². The molecule has 0 fully saturated rings. The predicted octanol–water partition coefficient (Wildman–Crippen LogP) is -0.820. The summed E-state index contributed by atoms with van der Waals surface area (Å²) in [6.07, 6.45) is -4.89. The van der Waals surface area contributed by atoms with Gasteiger partial charge in [-0.05, 0) is 0 Å². The molecule has 0 aliphatic carbocycles. The Morgan fingerprint density at radius 3 is 1.25 bits per heavy atom. The SMILES string of the molecule is OB(O)C(F)(F)F.[Li]. The Kier molecular flexibility index (Phi) is 4.77. The maximum atomic E-state index is 10.7. The van der Waals surface area contributed by atoms with E-state index >= 15 is 0 Å². The molecule has 0 saturated heterocycles. The van der Waals surface area contributed by atoms with Gasteiger partial charge in [0.05, 0.1) is 0 Å². The summed E-state index contributed by atoms with van der Waals surface area (Å²) in [6.45, 7) is 0. The summed E-state index contributed by atoms with van der Waals surface area (Å²) in [4.78, 5) is 0. The number of hydrogen-bond donors (Lipinski definition) is 2. The normalized spacial score (nSPS) is 10.1. The van der Waals surface area contributed by atoms with Crippen molar-refractivity contribution in [2.24, 2.45) is 0 Å². The molecule has 0 aliphatic rings. The zero-order valence-corrected chi connectivity index (χ0v) is 4.11. The minimum absolute atomic E-state index is 0. The minimum Gasteiger partial charge on any atom is -0.421 e. The molecule has 0 heterocycles. The number of rotatable bonds is 0. The van der Waals surface area contributed by atoms with E-state index in [1.54, 1.807) is 0 Å². The molecule has 8 heavy (non-hydrogen) atoms. The first-order chi connectivity index (χ1) is 2.94. The van der Waals surface area contributed by atoms with Gasteiger partial charge in [-0.1, -0.05) is 0 Å². The molecule has 43 valence electrons. The molecule has 2 nitrogen and oxygen atoms in total. The molecule has 7 heteroatoms. The molecule has 0 amide bonds. The fraction of sp³-hybridized carbons (Fsp3) is 1.00. The summed E-state index contributed by atoms with van der Waals surface area (Å²) < 4.78 is 32.0. The topological polar surface area (TPSA) is 40.5 Å². The van der Waals surface area contributed by atoms with Crippen LogP contribution in [0.1, 0.15) is 0 Å². The minimum atomic E-state index is -4.89. The molecule has 0 atom stereocenters. The average Bonchev–Trinajstić information content (AvgIpc) is 1.31. The standard InChI is InChI=1S/CH2BF3O2.Li/c3-1(4,5)2(6)7;/h6-7H;. The maximum Gasteiger partial charge on any atom is 0.573 e. The molecule has 0 aromatic carbocycles. The van der Waals surface area contributed by atoms with Crippen molar-refractivity contribution in [1.29, 1.82) is 0 Å². The molecule has 0 saturated carbocycles. The van der Waals surface area contributed by atoms with Crippen molar-refractivity contribution >= 4 is 26.0 Å². The van der Waals surface area contributed by atoms with Gasteiger partial charge in [0.1, 0.15) is 0 Å². The molecule has 2 N–H and O–H groups in total. The van der Waals surface area contributed by atoms with E-state index in [1.807, 2.05) is 0 Å². The van der Waals surface area contributed by atoms with Gasteiger partial charge in [-0.3, -0.25) is 0 Å². The molecule has 0 bridgehead atoms. The quantitative estimate of drug-likeness (QED) is 0.411. The Hall–Kier alpha value is 0.372.